The van der Waals surface area contributed by atoms with Gasteiger partial charge < -0.3 is 30.1 Å². The third-order valence-electron chi connectivity index (χ3n) is 3.23. The van der Waals surface area contributed by atoms with Crippen LogP contribution in [0.15, 0.2) is 0 Å². The summed E-state index contributed by atoms with van der Waals surface area (Å²) in [5.41, 5.74) is 0. The van der Waals surface area contributed by atoms with Gasteiger partial charge >= 0.3 is 0 Å². The normalized spacial score (nSPS) is 31.9. The minimum absolute atomic E-state index is 0.105. The van der Waals surface area contributed by atoms with Gasteiger partial charge in [0.15, 0.2) is 6.10 Å². The number of amides is 1. The van der Waals surface area contributed by atoms with Crippen molar-refractivity contribution < 1.29 is 29.3 Å². The molecule has 0 bridgehead atoms. The number of ether oxygens (including phenoxy) is 2. The monoisotopic (exact) mass is 291 g/mol. The van der Waals surface area contributed by atoms with Crippen LogP contribution in [0.1, 0.15) is 0 Å². The second kappa shape index (κ2) is 6.79. The molecule has 10 heteroatoms. The van der Waals surface area contributed by atoms with Gasteiger partial charge in [-0.2, -0.15) is 0 Å². The quantitative estimate of drug-likeness (QED) is 0.265. The molecule has 2 aliphatic rings. The Hall–Kier alpha value is -1.49. The number of carbonyl (C=O) groups excluding carboxylic acids is 1. The molecule has 20 heavy (non-hydrogen) atoms. The van der Waals surface area contributed by atoms with Crippen molar-refractivity contribution in [2.45, 2.75) is 24.4 Å². The largest absolute Gasteiger partial charge is 0.387 e. The van der Waals surface area contributed by atoms with Gasteiger partial charge in [0.2, 0.25) is 5.91 Å². The van der Waals surface area contributed by atoms with E-state index >= 15 is 0 Å². The second-order valence-electron chi connectivity index (χ2n) is 4.53. The number of carbonyl (C=O) groups is 1. The molecule has 0 unspecified atom stereocenters. The molecule has 2 fully saturated rings. The average molecular weight is 291 g/mol. The lowest BCUT2D eigenvalue weighted by Gasteiger charge is -2.17. The molecule has 0 aliphatic carbocycles. The van der Waals surface area contributed by atoms with Crippen molar-refractivity contribution in [3.05, 3.63) is 10.1 Å². The highest BCUT2D eigenvalue weighted by Crippen LogP contribution is 2.28. The highest BCUT2D eigenvalue weighted by molar-refractivity contribution is 5.76. The Balaban J connectivity index is 1.71. The fourth-order valence-electron chi connectivity index (χ4n) is 2.36. The SMILES string of the molecule is O=C(CO)NCCN[C@H]1CO[C@H]2[C@@H]1OC[C@H]2O[N+](=O)[O-]. The first-order valence-corrected chi connectivity index (χ1v) is 6.27. The molecule has 2 rings (SSSR count). The molecule has 114 valence electrons. The molecule has 4 atom stereocenters. The van der Waals surface area contributed by atoms with Crippen LogP contribution >= 0.6 is 0 Å². The molecule has 3 N–H and O–H groups in total. The van der Waals surface area contributed by atoms with E-state index in [1.165, 1.54) is 0 Å². The van der Waals surface area contributed by atoms with Crippen molar-refractivity contribution in [3.63, 3.8) is 0 Å². The van der Waals surface area contributed by atoms with Gasteiger partial charge in [0, 0.05) is 13.1 Å². The molecular formula is C10H17N3O7. The van der Waals surface area contributed by atoms with Crippen molar-refractivity contribution in [3.8, 4) is 0 Å². The van der Waals surface area contributed by atoms with E-state index in [0.717, 1.165) is 0 Å². The third kappa shape index (κ3) is 3.54. The van der Waals surface area contributed by atoms with Gasteiger partial charge in [-0.15, -0.1) is 10.1 Å². The summed E-state index contributed by atoms with van der Waals surface area (Å²) in [4.78, 5) is 25.6. The average Bonchev–Trinajstić information content (AvgIpc) is 2.98. The van der Waals surface area contributed by atoms with Crippen molar-refractivity contribution in [1.29, 1.82) is 0 Å². The number of nitrogens with zero attached hydrogens (tertiary/aromatic N) is 1. The van der Waals surface area contributed by atoms with Crippen LogP contribution in [0.3, 0.4) is 0 Å². The van der Waals surface area contributed by atoms with Crippen LogP contribution in [0.25, 0.3) is 0 Å². The molecule has 1 amide bonds. The van der Waals surface area contributed by atoms with Crippen LogP contribution in [-0.2, 0) is 19.1 Å². The fraction of sp³-hybridized carbons (Fsp3) is 0.900. The van der Waals surface area contributed by atoms with Crippen LogP contribution < -0.4 is 10.6 Å². The summed E-state index contributed by atoms with van der Waals surface area (Å²) < 4.78 is 10.9. The number of hydrogen-bond acceptors (Lipinski definition) is 8. The number of aliphatic hydroxyl groups is 1. The summed E-state index contributed by atoms with van der Waals surface area (Å²) in [6.45, 7) is 0.784. The summed E-state index contributed by atoms with van der Waals surface area (Å²) in [6.07, 6.45) is -1.45. The summed E-state index contributed by atoms with van der Waals surface area (Å²) in [5.74, 6) is -0.441. The Morgan fingerprint density at radius 1 is 1.35 bits per heavy atom. The van der Waals surface area contributed by atoms with E-state index in [0.29, 0.717) is 19.7 Å². The number of rotatable bonds is 7. The molecule has 10 nitrogen and oxygen atoms in total. The Morgan fingerprint density at radius 3 is 2.80 bits per heavy atom. The van der Waals surface area contributed by atoms with Crippen LogP contribution in [-0.4, -0.2) is 73.4 Å². The first kappa shape index (κ1) is 14.9. The van der Waals surface area contributed by atoms with Gasteiger partial charge in [-0.1, -0.05) is 0 Å². The maximum absolute atomic E-state index is 10.8. The van der Waals surface area contributed by atoms with Gasteiger partial charge in [-0.25, -0.2) is 0 Å². The van der Waals surface area contributed by atoms with E-state index < -0.39 is 29.8 Å². The lowest BCUT2D eigenvalue weighted by molar-refractivity contribution is -0.769. The zero-order valence-electron chi connectivity index (χ0n) is 10.7. The first-order chi connectivity index (χ1) is 9.61. The van der Waals surface area contributed by atoms with Crippen LogP contribution in [0.2, 0.25) is 0 Å². The molecule has 0 aromatic heterocycles. The molecule has 0 aromatic rings. The smallest absolute Gasteiger partial charge is 0.294 e. The highest BCUT2D eigenvalue weighted by Gasteiger charge is 2.49. The first-order valence-electron chi connectivity index (χ1n) is 6.27. The predicted molar refractivity (Wildman–Crippen MR) is 63.2 cm³/mol. The van der Waals surface area contributed by atoms with E-state index in [4.69, 9.17) is 14.6 Å². The minimum atomic E-state index is -0.842. The summed E-state index contributed by atoms with van der Waals surface area (Å²) in [7, 11) is 0. The topological polar surface area (TPSA) is 132 Å². The zero-order valence-corrected chi connectivity index (χ0v) is 10.7. The Bertz CT molecular complexity index is 367. The lowest BCUT2D eigenvalue weighted by Crippen LogP contribution is -2.44. The molecule has 0 radical (unpaired) electrons. The van der Waals surface area contributed by atoms with Crippen LogP contribution in [0.4, 0.5) is 0 Å². The third-order valence-corrected chi connectivity index (χ3v) is 3.23. The highest BCUT2D eigenvalue weighted by atomic mass is 17.0. The number of aliphatic hydroxyl groups excluding tert-OH is 1. The zero-order chi connectivity index (χ0) is 14.5. The van der Waals surface area contributed by atoms with Crippen molar-refractivity contribution in [1.82, 2.24) is 10.6 Å². The number of fused-ring (bicyclic) bond motifs is 1. The number of hydrogen-bond donors (Lipinski definition) is 3. The van der Waals surface area contributed by atoms with Crippen LogP contribution in [0, 0.1) is 10.1 Å². The molecule has 2 saturated heterocycles. The molecule has 2 aliphatic heterocycles. The predicted octanol–water partition coefficient (Wildman–Crippen LogP) is -2.57. The molecule has 0 spiro atoms. The Labute approximate surface area is 114 Å². The lowest BCUT2D eigenvalue weighted by atomic mass is 10.1. The summed E-state index contributed by atoms with van der Waals surface area (Å²) in [6, 6.07) is -0.105. The van der Waals surface area contributed by atoms with Gasteiger partial charge in [-0.05, 0) is 0 Å². The van der Waals surface area contributed by atoms with E-state index in [-0.39, 0.29) is 18.8 Å². The van der Waals surface area contributed by atoms with Gasteiger partial charge in [0.25, 0.3) is 5.09 Å². The van der Waals surface area contributed by atoms with E-state index in [2.05, 4.69) is 15.5 Å². The Kier molecular flexibility index (Phi) is 5.06. The number of nitrogens with one attached hydrogen (secondary N) is 2. The van der Waals surface area contributed by atoms with E-state index in [1.807, 2.05) is 0 Å². The van der Waals surface area contributed by atoms with Crippen LogP contribution in [0.5, 0.6) is 0 Å². The van der Waals surface area contributed by atoms with E-state index in [9.17, 15) is 14.9 Å². The molecule has 2 heterocycles. The van der Waals surface area contributed by atoms with Gasteiger partial charge in [0.1, 0.15) is 18.8 Å². The standard InChI is InChI=1S/C10H17N3O7/c14-3-8(15)12-2-1-11-6-4-18-10-7(20-13(16)17)5-19-9(6)10/h6-7,9-11,14H,1-5H2,(H,12,15)/t6-,7+,9+,10+/m0/s1. The van der Waals surface area contributed by atoms with Gasteiger partial charge in [0.05, 0.1) is 19.3 Å². The molecule has 0 saturated carbocycles. The second-order valence-corrected chi connectivity index (χ2v) is 4.53. The van der Waals surface area contributed by atoms with Crippen molar-refractivity contribution >= 4 is 5.91 Å². The minimum Gasteiger partial charge on any atom is -0.387 e. The summed E-state index contributed by atoms with van der Waals surface area (Å²) in [5, 5.41) is 23.6. The Morgan fingerprint density at radius 2 is 2.10 bits per heavy atom. The molecule has 0 aromatic carbocycles. The van der Waals surface area contributed by atoms with Crippen molar-refractivity contribution in [2.75, 3.05) is 32.9 Å². The molecular weight excluding hydrogens is 274 g/mol. The maximum Gasteiger partial charge on any atom is 0.294 e. The van der Waals surface area contributed by atoms with E-state index in [1.54, 1.807) is 0 Å². The maximum atomic E-state index is 10.8. The van der Waals surface area contributed by atoms with Crippen molar-refractivity contribution in [2.24, 2.45) is 0 Å². The summed E-state index contributed by atoms with van der Waals surface area (Å²) >= 11 is 0. The van der Waals surface area contributed by atoms with Gasteiger partial charge in [-0.3, -0.25) is 4.79 Å². The fourth-order valence-corrected chi connectivity index (χ4v) is 2.36.